The van der Waals surface area contributed by atoms with Crippen molar-refractivity contribution in [3.63, 3.8) is 0 Å². The number of rotatable bonds is 2. The van der Waals surface area contributed by atoms with E-state index in [9.17, 15) is 8.42 Å². The molecule has 1 atom stereocenters. The summed E-state index contributed by atoms with van der Waals surface area (Å²) in [5.41, 5.74) is 2.38. The van der Waals surface area contributed by atoms with Gasteiger partial charge in [-0.25, -0.2) is 8.42 Å². The molecule has 1 aromatic carbocycles. The molecule has 1 unspecified atom stereocenters. The van der Waals surface area contributed by atoms with Crippen molar-refractivity contribution < 1.29 is 8.42 Å². The minimum absolute atomic E-state index is 0.0781. The van der Waals surface area contributed by atoms with Crippen LogP contribution in [0.4, 0.5) is 0 Å². The lowest BCUT2D eigenvalue weighted by Crippen LogP contribution is -2.55. The fourth-order valence-corrected chi connectivity index (χ4v) is 5.37. The van der Waals surface area contributed by atoms with E-state index in [0.717, 1.165) is 25.7 Å². The van der Waals surface area contributed by atoms with Gasteiger partial charge < -0.3 is 0 Å². The van der Waals surface area contributed by atoms with Gasteiger partial charge >= 0.3 is 0 Å². The van der Waals surface area contributed by atoms with Gasteiger partial charge in [0.1, 0.15) is 0 Å². The van der Waals surface area contributed by atoms with Crippen LogP contribution < -0.4 is 0 Å². The standard InChI is InChI=1S/C15H21NO2S/c1-12-7-5-6-10-14(12)15-11-19(17,18)16(15)13-8-3-2-4-9-13/h5-7,10,13,15H,2-4,8-9,11H2,1H3. The summed E-state index contributed by atoms with van der Waals surface area (Å²) in [7, 11) is -3.00. The van der Waals surface area contributed by atoms with E-state index in [-0.39, 0.29) is 17.8 Å². The van der Waals surface area contributed by atoms with Crippen LogP contribution in [0.25, 0.3) is 0 Å². The molecular formula is C15H21NO2S. The summed E-state index contributed by atoms with van der Waals surface area (Å²) in [5, 5.41) is 0. The Bertz CT molecular complexity index is 561. The van der Waals surface area contributed by atoms with Crippen molar-refractivity contribution in [2.24, 2.45) is 0 Å². The first-order chi connectivity index (χ1) is 9.09. The van der Waals surface area contributed by atoms with Crippen LogP contribution in [0.5, 0.6) is 0 Å². The first-order valence-electron chi connectivity index (χ1n) is 7.16. The average molecular weight is 279 g/mol. The second-order valence-electron chi connectivity index (χ2n) is 5.77. The van der Waals surface area contributed by atoms with E-state index in [0.29, 0.717) is 0 Å². The Kier molecular flexibility index (Phi) is 3.39. The zero-order chi connectivity index (χ0) is 13.5. The van der Waals surface area contributed by atoms with Crippen molar-refractivity contribution in [1.82, 2.24) is 4.31 Å². The molecule has 1 aliphatic carbocycles. The molecule has 3 nitrogen and oxygen atoms in total. The summed E-state index contributed by atoms with van der Waals surface area (Å²) in [5.74, 6) is 0.286. The zero-order valence-electron chi connectivity index (χ0n) is 11.4. The summed E-state index contributed by atoms with van der Waals surface area (Å²) in [6.07, 6.45) is 5.64. The van der Waals surface area contributed by atoms with Crippen LogP contribution in [-0.2, 0) is 10.0 Å². The van der Waals surface area contributed by atoms with E-state index in [1.807, 2.05) is 12.1 Å². The van der Waals surface area contributed by atoms with Crippen molar-refractivity contribution in [1.29, 1.82) is 0 Å². The van der Waals surface area contributed by atoms with E-state index in [1.165, 1.54) is 17.5 Å². The normalized spacial score (nSPS) is 27.9. The van der Waals surface area contributed by atoms with Gasteiger partial charge in [0.25, 0.3) is 0 Å². The Morgan fingerprint density at radius 2 is 1.79 bits per heavy atom. The van der Waals surface area contributed by atoms with Crippen LogP contribution >= 0.6 is 0 Å². The smallest absolute Gasteiger partial charge is 0.212 e. The summed E-state index contributed by atoms with van der Waals surface area (Å²) in [6.45, 7) is 2.07. The molecule has 0 N–H and O–H groups in total. The molecule has 0 aromatic heterocycles. The summed E-state index contributed by atoms with van der Waals surface area (Å²) >= 11 is 0. The van der Waals surface area contributed by atoms with Gasteiger partial charge in [0.2, 0.25) is 10.0 Å². The van der Waals surface area contributed by atoms with Gasteiger partial charge in [-0.1, -0.05) is 43.5 Å². The minimum atomic E-state index is -3.00. The van der Waals surface area contributed by atoms with Gasteiger partial charge in [0, 0.05) is 6.04 Å². The predicted molar refractivity (Wildman–Crippen MR) is 76.4 cm³/mol. The third-order valence-corrected chi connectivity index (χ3v) is 6.41. The Morgan fingerprint density at radius 1 is 1.11 bits per heavy atom. The number of hydrogen-bond donors (Lipinski definition) is 0. The van der Waals surface area contributed by atoms with E-state index in [1.54, 1.807) is 4.31 Å². The Morgan fingerprint density at radius 3 is 2.42 bits per heavy atom. The van der Waals surface area contributed by atoms with Crippen molar-refractivity contribution in [2.45, 2.75) is 51.1 Å². The molecule has 2 aliphatic rings. The fraction of sp³-hybridized carbons (Fsp3) is 0.600. The highest BCUT2D eigenvalue weighted by atomic mass is 32.2. The van der Waals surface area contributed by atoms with E-state index < -0.39 is 10.0 Å². The zero-order valence-corrected chi connectivity index (χ0v) is 12.2. The SMILES string of the molecule is Cc1ccccc1C1CS(=O)(=O)N1C1CCCCC1. The van der Waals surface area contributed by atoms with Crippen molar-refractivity contribution >= 4 is 10.0 Å². The minimum Gasteiger partial charge on any atom is -0.212 e. The monoisotopic (exact) mass is 279 g/mol. The second kappa shape index (κ2) is 4.91. The Hall–Kier alpha value is -0.870. The molecule has 1 saturated heterocycles. The highest BCUT2D eigenvalue weighted by Crippen LogP contribution is 2.41. The first kappa shape index (κ1) is 13.1. The summed E-state index contributed by atoms with van der Waals surface area (Å²) in [4.78, 5) is 0. The number of aryl methyl sites for hydroxylation is 1. The van der Waals surface area contributed by atoms with E-state index in [4.69, 9.17) is 0 Å². The maximum Gasteiger partial charge on any atom is 0.216 e. The molecular weight excluding hydrogens is 258 g/mol. The first-order valence-corrected chi connectivity index (χ1v) is 8.77. The Labute approximate surface area is 115 Å². The molecule has 0 spiro atoms. The number of nitrogens with zero attached hydrogens (tertiary/aromatic N) is 1. The lowest BCUT2D eigenvalue weighted by Gasteiger charge is -2.46. The van der Waals surface area contributed by atoms with Crippen molar-refractivity contribution in [3.05, 3.63) is 35.4 Å². The number of sulfonamides is 1. The third kappa shape index (κ3) is 2.32. The molecule has 0 amide bonds. The van der Waals surface area contributed by atoms with Gasteiger partial charge in [-0.15, -0.1) is 0 Å². The van der Waals surface area contributed by atoms with E-state index >= 15 is 0 Å². The molecule has 19 heavy (non-hydrogen) atoms. The number of benzene rings is 1. The topological polar surface area (TPSA) is 37.4 Å². The van der Waals surface area contributed by atoms with E-state index in [2.05, 4.69) is 19.1 Å². The number of hydrogen-bond acceptors (Lipinski definition) is 2. The quantitative estimate of drug-likeness (QED) is 0.834. The van der Waals surface area contributed by atoms with Crippen LogP contribution in [0.1, 0.15) is 49.3 Å². The van der Waals surface area contributed by atoms with Crippen molar-refractivity contribution in [2.75, 3.05) is 5.75 Å². The maximum absolute atomic E-state index is 12.1. The average Bonchev–Trinajstić information content (AvgIpc) is 2.38. The van der Waals surface area contributed by atoms with Gasteiger partial charge in [-0.2, -0.15) is 4.31 Å². The van der Waals surface area contributed by atoms with Crippen LogP contribution in [0.2, 0.25) is 0 Å². The molecule has 3 rings (SSSR count). The molecule has 2 fully saturated rings. The van der Waals surface area contributed by atoms with Gasteiger partial charge in [0.15, 0.2) is 0 Å². The van der Waals surface area contributed by atoms with Gasteiger partial charge in [-0.3, -0.25) is 0 Å². The molecule has 0 bridgehead atoms. The molecule has 1 saturated carbocycles. The molecule has 1 aliphatic heterocycles. The summed E-state index contributed by atoms with van der Waals surface area (Å²) in [6, 6.07) is 8.47. The largest absolute Gasteiger partial charge is 0.216 e. The predicted octanol–water partition coefficient (Wildman–Crippen LogP) is 3.01. The van der Waals surface area contributed by atoms with Crippen LogP contribution in [0, 0.1) is 6.92 Å². The third-order valence-electron chi connectivity index (χ3n) is 4.48. The maximum atomic E-state index is 12.1. The lowest BCUT2D eigenvalue weighted by molar-refractivity contribution is 0.183. The molecule has 0 radical (unpaired) electrons. The van der Waals surface area contributed by atoms with Crippen LogP contribution in [0.3, 0.4) is 0 Å². The van der Waals surface area contributed by atoms with Crippen molar-refractivity contribution in [3.8, 4) is 0 Å². The molecule has 1 heterocycles. The lowest BCUT2D eigenvalue weighted by atomic mass is 9.93. The molecule has 1 aromatic rings. The fourth-order valence-electron chi connectivity index (χ4n) is 3.47. The highest BCUT2D eigenvalue weighted by molar-refractivity contribution is 7.90. The van der Waals surface area contributed by atoms with Crippen LogP contribution in [-0.4, -0.2) is 24.5 Å². The highest BCUT2D eigenvalue weighted by Gasteiger charge is 2.48. The van der Waals surface area contributed by atoms with Crippen LogP contribution in [0.15, 0.2) is 24.3 Å². The molecule has 4 heteroatoms. The Balaban J connectivity index is 1.89. The second-order valence-corrected chi connectivity index (χ2v) is 7.69. The van der Waals surface area contributed by atoms with Gasteiger partial charge in [0.05, 0.1) is 11.8 Å². The summed E-state index contributed by atoms with van der Waals surface area (Å²) < 4.78 is 26.1. The van der Waals surface area contributed by atoms with Gasteiger partial charge in [-0.05, 0) is 30.9 Å². The molecule has 104 valence electrons.